The Labute approximate surface area is 108 Å². The summed E-state index contributed by atoms with van der Waals surface area (Å²) in [5, 5.41) is 0. The average molecular weight is 250 g/mol. The van der Waals surface area contributed by atoms with E-state index in [4.69, 9.17) is 18.0 Å². The number of benzene rings is 1. The Hall–Kier alpha value is -1.42. The number of thiocarbonyl (C=S) groups is 1. The van der Waals surface area contributed by atoms with E-state index in [1.807, 2.05) is 38.1 Å². The number of carbonyl (C=O) groups excluding carboxylic acids is 1. The second kappa shape index (κ2) is 5.77. The highest BCUT2D eigenvalue weighted by Gasteiger charge is 2.17. The zero-order valence-corrected chi connectivity index (χ0v) is 11.3. The van der Waals surface area contributed by atoms with Crippen molar-refractivity contribution < 1.29 is 4.79 Å². The van der Waals surface area contributed by atoms with Gasteiger partial charge in [-0.1, -0.05) is 38.2 Å². The third-order valence-corrected chi connectivity index (χ3v) is 3.12. The van der Waals surface area contributed by atoms with Gasteiger partial charge in [-0.05, 0) is 18.6 Å². The van der Waals surface area contributed by atoms with Crippen LogP contribution in [-0.2, 0) is 4.79 Å². The fourth-order valence-corrected chi connectivity index (χ4v) is 1.63. The van der Waals surface area contributed by atoms with Crippen LogP contribution in [0, 0.1) is 5.92 Å². The molecule has 17 heavy (non-hydrogen) atoms. The Kier molecular flexibility index (Phi) is 4.63. The first-order chi connectivity index (χ1) is 7.97. The van der Waals surface area contributed by atoms with Crippen LogP contribution in [0.15, 0.2) is 24.3 Å². The highest BCUT2D eigenvalue weighted by atomic mass is 32.1. The zero-order chi connectivity index (χ0) is 13.0. The normalized spacial score (nSPS) is 11.9. The number of carbonyl (C=O) groups is 1. The summed E-state index contributed by atoms with van der Waals surface area (Å²) in [6.07, 6.45) is 0.832. The summed E-state index contributed by atoms with van der Waals surface area (Å²) in [6.45, 7) is 3.93. The lowest BCUT2D eigenvalue weighted by atomic mass is 10.1. The molecule has 2 N–H and O–H groups in total. The van der Waals surface area contributed by atoms with Crippen LogP contribution in [0.5, 0.6) is 0 Å². The van der Waals surface area contributed by atoms with Crippen LogP contribution in [-0.4, -0.2) is 17.9 Å². The first-order valence-corrected chi connectivity index (χ1v) is 6.05. The minimum absolute atomic E-state index is 0.0217. The summed E-state index contributed by atoms with van der Waals surface area (Å²) < 4.78 is 0. The van der Waals surface area contributed by atoms with Crippen LogP contribution in [0.3, 0.4) is 0 Å². The fraction of sp³-hybridized carbons (Fsp3) is 0.385. The minimum atomic E-state index is 0.0217. The lowest BCUT2D eigenvalue weighted by Gasteiger charge is -2.21. The van der Waals surface area contributed by atoms with Gasteiger partial charge in [-0.15, -0.1) is 0 Å². The van der Waals surface area contributed by atoms with Crippen molar-refractivity contribution in [3.63, 3.8) is 0 Å². The van der Waals surface area contributed by atoms with Crippen molar-refractivity contribution in [2.75, 3.05) is 11.9 Å². The van der Waals surface area contributed by atoms with Crippen LogP contribution >= 0.6 is 12.2 Å². The van der Waals surface area contributed by atoms with Gasteiger partial charge in [0, 0.05) is 24.2 Å². The van der Waals surface area contributed by atoms with Crippen molar-refractivity contribution >= 4 is 28.8 Å². The van der Waals surface area contributed by atoms with Crippen LogP contribution in [0.25, 0.3) is 0 Å². The molecule has 0 bridgehead atoms. The van der Waals surface area contributed by atoms with Crippen LogP contribution in [0.4, 0.5) is 5.69 Å². The predicted molar refractivity (Wildman–Crippen MR) is 75.2 cm³/mol. The molecular weight excluding hydrogens is 232 g/mol. The van der Waals surface area contributed by atoms with Crippen LogP contribution < -0.4 is 10.6 Å². The number of hydrogen-bond acceptors (Lipinski definition) is 2. The molecule has 1 atom stereocenters. The Morgan fingerprint density at radius 3 is 2.71 bits per heavy atom. The van der Waals surface area contributed by atoms with Gasteiger partial charge in [-0.25, -0.2) is 0 Å². The first kappa shape index (κ1) is 13.6. The van der Waals surface area contributed by atoms with Gasteiger partial charge in [-0.3, -0.25) is 4.79 Å². The monoisotopic (exact) mass is 250 g/mol. The molecule has 0 saturated heterocycles. The molecule has 0 saturated carbocycles. The molecule has 1 aromatic carbocycles. The molecule has 0 heterocycles. The molecule has 4 heteroatoms. The number of anilines is 1. The molecule has 1 rings (SSSR count). The van der Waals surface area contributed by atoms with E-state index in [-0.39, 0.29) is 11.8 Å². The van der Waals surface area contributed by atoms with Gasteiger partial charge >= 0.3 is 0 Å². The molecule has 0 aliphatic carbocycles. The molecule has 0 aliphatic rings. The average Bonchev–Trinajstić information content (AvgIpc) is 2.36. The Morgan fingerprint density at radius 2 is 2.18 bits per heavy atom. The smallest absolute Gasteiger partial charge is 0.229 e. The maximum atomic E-state index is 12.0. The Bertz CT molecular complexity index is 431. The number of nitrogens with two attached hydrogens (primary N) is 1. The van der Waals surface area contributed by atoms with E-state index in [9.17, 15) is 4.79 Å². The van der Waals surface area contributed by atoms with Crippen molar-refractivity contribution in [1.82, 2.24) is 0 Å². The van der Waals surface area contributed by atoms with Gasteiger partial charge in [0.2, 0.25) is 5.91 Å². The van der Waals surface area contributed by atoms with Crippen LogP contribution in [0.2, 0.25) is 0 Å². The summed E-state index contributed by atoms with van der Waals surface area (Å²) in [7, 11) is 1.77. The van der Waals surface area contributed by atoms with Crippen molar-refractivity contribution in [2.45, 2.75) is 20.3 Å². The van der Waals surface area contributed by atoms with E-state index in [2.05, 4.69) is 0 Å². The molecule has 1 aromatic rings. The minimum Gasteiger partial charge on any atom is -0.389 e. The lowest BCUT2D eigenvalue weighted by molar-refractivity contribution is -0.121. The lowest BCUT2D eigenvalue weighted by Crippen LogP contribution is -2.31. The molecule has 92 valence electrons. The van der Waals surface area contributed by atoms with Gasteiger partial charge in [0.25, 0.3) is 0 Å². The summed E-state index contributed by atoms with van der Waals surface area (Å²) in [6, 6.07) is 7.41. The molecule has 0 radical (unpaired) electrons. The van der Waals surface area contributed by atoms with Gasteiger partial charge in [0.05, 0.1) is 0 Å². The van der Waals surface area contributed by atoms with Gasteiger partial charge < -0.3 is 10.6 Å². The maximum absolute atomic E-state index is 12.0. The zero-order valence-electron chi connectivity index (χ0n) is 10.4. The predicted octanol–water partition coefficient (Wildman–Crippen LogP) is 2.33. The Morgan fingerprint density at radius 1 is 1.53 bits per heavy atom. The van der Waals surface area contributed by atoms with Crippen molar-refractivity contribution in [3.05, 3.63) is 29.8 Å². The maximum Gasteiger partial charge on any atom is 0.229 e. The molecule has 1 unspecified atom stereocenters. The largest absolute Gasteiger partial charge is 0.389 e. The molecule has 3 nitrogen and oxygen atoms in total. The summed E-state index contributed by atoms with van der Waals surface area (Å²) >= 11 is 4.92. The number of nitrogens with zero attached hydrogens (tertiary/aromatic N) is 1. The van der Waals surface area contributed by atoms with Crippen molar-refractivity contribution in [3.8, 4) is 0 Å². The highest BCUT2D eigenvalue weighted by molar-refractivity contribution is 7.80. The van der Waals surface area contributed by atoms with E-state index in [0.29, 0.717) is 4.99 Å². The van der Waals surface area contributed by atoms with E-state index in [0.717, 1.165) is 17.7 Å². The molecule has 0 aromatic heterocycles. The fourth-order valence-electron chi connectivity index (χ4n) is 1.50. The van der Waals surface area contributed by atoms with Gasteiger partial charge in [0.15, 0.2) is 0 Å². The molecule has 0 fully saturated rings. The molecular formula is C13H18N2OS. The topological polar surface area (TPSA) is 46.3 Å². The number of rotatable bonds is 4. The first-order valence-electron chi connectivity index (χ1n) is 5.64. The van der Waals surface area contributed by atoms with Crippen molar-refractivity contribution in [1.29, 1.82) is 0 Å². The molecule has 0 spiro atoms. The van der Waals surface area contributed by atoms with Crippen LogP contribution in [0.1, 0.15) is 25.8 Å². The Balaban J connectivity index is 2.96. The molecule has 1 amide bonds. The third-order valence-electron chi connectivity index (χ3n) is 2.88. The summed E-state index contributed by atoms with van der Waals surface area (Å²) in [5.41, 5.74) is 7.17. The van der Waals surface area contributed by atoms with Crippen molar-refractivity contribution in [2.24, 2.45) is 11.7 Å². The quantitative estimate of drug-likeness (QED) is 0.834. The number of hydrogen-bond donors (Lipinski definition) is 1. The van der Waals surface area contributed by atoms with E-state index in [1.165, 1.54) is 0 Å². The second-order valence-corrected chi connectivity index (χ2v) is 4.56. The van der Waals surface area contributed by atoms with E-state index in [1.54, 1.807) is 11.9 Å². The summed E-state index contributed by atoms with van der Waals surface area (Å²) in [5.74, 6) is 0.126. The molecule has 0 aliphatic heterocycles. The van der Waals surface area contributed by atoms with E-state index < -0.39 is 0 Å². The van der Waals surface area contributed by atoms with Gasteiger partial charge in [-0.2, -0.15) is 0 Å². The highest BCUT2D eigenvalue weighted by Crippen LogP contribution is 2.18. The third kappa shape index (κ3) is 3.27. The summed E-state index contributed by atoms with van der Waals surface area (Å²) in [4.78, 5) is 14.0. The van der Waals surface area contributed by atoms with Gasteiger partial charge in [0.1, 0.15) is 4.99 Å². The number of amides is 1. The SMILES string of the molecule is CCC(C)C(=O)N(C)c1cccc(C(N)=S)c1. The second-order valence-electron chi connectivity index (χ2n) is 4.12. The standard InChI is InChI=1S/C13H18N2OS/c1-4-9(2)13(16)15(3)11-7-5-6-10(8-11)12(14)17/h5-9H,4H2,1-3H3,(H2,14,17). The van der Waals surface area contributed by atoms with E-state index >= 15 is 0 Å².